The predicted octanol–water partition coefficient (Wildman–Crippen LogP) is 9.49. The molecule has 0 spiro atoms. The summed E-state index contributed by atoms with van der Waals surface area (Å²) in [6.45, 7) is 2.58. The number of aliphatic hydroxyl groups is 8. The van der Waals surface area contributed by atoms with Crippen molar-refractivity contribution < 1.29 is 64.6 Å². The SMILES string of the molecule is CC/C=C\C/C=C\C/C=C\C/C=C\C/C=C\C/C=C\C/C=C\C/C=C\CCCCCCCCCCCCCCC(=O)NC(COC1OC(CO)C(OC2OC(CO)C(O)C(O)C2O)C(O)C1O)C(O)CCCCCC. The molecule has 2 heterocycles. The number of unbranched alkanes of at least 4 members (excludes halogenated alkanes) is 15. The lowest BCUT2D eigenvalue weighted by molar-refractivity contribution is -0.359. The van der Waals surface area contributed by atoms with Crippen LogP contribution in [0.2, 0.25) is 0 Å². The molecule has 0 radical (unpaired) electrons. The molecule has 2 fully saturated rings. The first-order valence-electron chi connectivity index (χ1n) is 29.0. The Morgan fingerprint density at radius 2 is 0.920 bits per heavy atom. The highest BCUT2D eigenvalue weighted by Crippen LogP contribution is 2.30. The molecule has 0 aromatic heterocycles. The highest BCUT2D eigenvalue weighted by atomic mass is 16.7. The molecule has 2 saturated heterocycles. The van der Waals surface area contributed by atoms with Crippen LogP contribution in [0.3, 0.4) is 0 Å². The minimum absolute atomic E-state index is 0.223. The number of aliphatic hydroxyl groups excluding tert-OH is 8. The molecule has 14 heteroatoms. The normalized spacial score (nSPS) is 25.8. The van der Waals surface area contributed by atoms with Crippen molar-refractivity contribution in [1.82, 2.24) is 5.32 Å². The maximum atomic E-state index is 13.1. The Morgan fingerprint density at radius 1 is 0.493 bits per heavy atom. The van der Waals surface area contributed by atoms with E-state index in [1.54, 1.807) is 0 Å². The van der Waals surface area contributed by atoms with Crippen LogP contribution < -0.4 is 5.32 Å². The van der Waals surface area contributed by atoms with Crippen molar-refractivity contribution in [3.05, 3.63) is 97.2 Å². The molecule has 1 amide bonds. The zero-order valence-corrected chi connectivity index (χ0v) is 46.0. The number of allylic oxidation sites excluding steroid dienone is 16. The Kier molecular flexibility index (Phi) is 41.6. The molecule has 12 atom stereocenters. The molecule has 0 aromatic rings. The van der Waals surface area contributed by atoms with Crippen molar-refractivity contribution in [2.24, 2.45) is 0 Å². The molecule has 0 bridgehead atoms. The Balaban J connectivity index is 1.52. The minimum Gasteiger partial charge on any atom is -0.394 e. The van der Waals surface area contributed by atoms with Gasteiger partial charge in [-0.1, -0.05) is 201 Å². The van der Waals surface area contributed by atoms with Gasteiger partial charge in [0, 0.05) is 6.42 Å². The van der Waals surface area contributed by atoms with Crippen molar-refractivity contribution in [3.63, 3.8) is 0 Å². The van der Waals surface area contributed by atoms with Gasteiger partial charge in [-0.15, -0.1) is 0 Å². The van der Waals surface area contributed by atoms with Crippen LogP contribution in [0.4, 0.5) is 0 Å². The van der Waals surface area contributed by atoms with Gasteiger partial charge in [0.2, 0.25) is 5.91 Å². The molecule has 0 aliphatic carbocycles. The van der Waals surface area contributed by atoms with Gasteiger partial charge in [-0.25, -0.2) is 0 Å². The van der Waals surface area contributed by atoms with Crippen molar-refractivity contribution in [3.8, 4) is 0 Å². The molecule has 2 aliphatic rings. The molecule has 14 nitrogen and oxygen atoms in total. The Labute approximate surface area is 452 Å². The molecule has 75 heavy (non-hydrogen) atoms. The highest BCUT2D eigenvalue weighted by molar-refractivity contribution is 5.76. The molecule has 0 saturated carbocycles. The van der Waals surface area contributed by atoms with Crippen molar-refractivity contribution >= 4 is 5.91 Å². The second-order valence-corrected chi connectivity index (χ2v) is 20.0. The minimum atomic E-state index is -1.78. The van der Waals surface area contributed by atoms with Gasteiger partial charge in [0.05, 0.1) is 32.0 Å². The molecule has 0 aromatic carbocycles. The largest absolute Gasteiger partial charge is 0.394 e. The smallest absolute Gasteiger partial charge is 0.220 e. The molecule has 2 aliphatic heterocycles. The van der Waals surface area contributed by atoms with Crippen LogP contribution in [0.1, 0.15) is 187 Å². The van der Waals surface area contributed by atoms with Gasteiger partial charge in [0.15, 0.2) is 12.6 Å². The molecule has 2 rings (SSSR count). The van der Waals surface area contributed by atoms with Crippen molar-refractivity contribution in [2.75, 3.05) is 19.8 Å². The Bertz CT molecular complexity index is 1620. The number of hydrogen-bond donors (Lipinski definition) is 9. The summed E-state index contributed by atoms with van der Waals surface area (Å²) in [5.74, 6) is -0.223. The lowest BCUT2D eigenvalue weighted by Gasteiger charge is -2.46. The van der Waals surface area contributed by atoms with Crippen LogP contribution in [0.5, 0.6) is 0 Å². The van der Waals surface area contributed by atoms with Crippen LogP contribution in [0.15, 0.2) is 97.2 Å². The van der Waals surface area contributed by atoms with Crippen LogP contribution in [0.25, 0.3) is 0 Å². The van der Waals surface area contributed by atoms with Crippen LogP contribution in [-0.4, -0.2) is 140 Å². The average Bonchev–Trinajstić information content (AvgIpc) is 3.41. The topological polar surface area (TPSA) is 228 Å². The summed E-state index contributed by atoms with van der Waals surface area (Å²) in [4.78, 5) is 13.1. The van der Waals surface area contributed by atoms with E-state index in [0.29, 0.717) is 19.3 Å². The monoisotopic (exact) mass is 1060 g/mol. The zero-order chi connectivity index (χ0) is 54.6. The van der Waals surface area contributed by atoms with Crippen LogP contribution >= 0.6 is 0 Å². The molecule has 12 unspecified atom stereocenters. The number of carbonyl (C=O) groups excluding carboxylic acids is 1. The van der Waals surface area contributed by atoms with Crippen molar-refractivity contribution in [2.45, 2.75) is 261 Å². The second kappa shape index (κ2) is 45.9. The predicted molar refractivity (Wildman–Crippen MR) is 299 cm³/mol. The standard InChI is InChI=1S/C61H103NO13/c1-3-5-7-9-10-11-12-13-14-15-16-17-18-19-20-21-22-23-24-25-26-27-28-29-30-31-32-33-34-35-36-37-38-39-40-41-43-45-53(66)62-49(50(65)44-42-8-6-4-2)48-72-60-58(71)56(69)59(52(47-64)74-60)75-61-57(70)55(68)54(67)51(46-63)73-61/h5,7,10-11,13-14,16-17,19-20,22-23,25-26,28-29,49-52,54-61,63-65,67-71H,3-4,6,8-9,12,15,18,21,24,27,30-48H2,1-2H3,(H,62,66)/b7-5-,11-10-,14-13-,17-16-,20-19-,23-22-,26-25-,29-28-. The lowest BCUT2D eigenvalue weighted by atomic mass is 9.97. The van der Waals surface area contributed by atoms with E-state index >= 15 is 0 Å². The van der Waals surface area contributed by atoms with Crippen molar-refractivity contribution in [1.29, 1.82) is 0 Å². The van der Waals surface area contributed by atoms with Crippen LogP contribution in [-0.2, 0) is 23.7 Å². The Hall–Kier alpha value is -3.09. The van der Waals surface area contributed by atoms with Gasteiger partial charge in [0.1, 0.15) is 48.8 Å². The number of rotatable bonds is 44. The van der Waals surface area contributed by atoms with E-state index in [0.717, 1.165) is 103 Å². The average molecular weight is 1060 g/mol. The maximum absolute atomic E-state index is 13.1. The number of amides is 1. The number of hydrogen-bond acceptors (Lipinski definition) is 13. The van der Waals surface area contributed by atoms with Gasteiger partial charge < -0.3 is 65.1 Å². The molecule has 430 valence electrons. The van der Waals surface area contributed by atoms with E-state index in [1.165, 1.54) is 51.4 Å². The summed E-state index contributed by atoms with van der Waals surface area (Å²) >= 11 is 0. The third-order valence-corrected chi connectivity index (χ3v) is 13.6. The van der Waals surface area contributed by atoms with E-state index in [1.807, 2.05) is 0 Å². The third kappa shape index (κ3) is 31.8. The van der Waals surface area contributed by atoms with E-state index in [9.17, 15) is 45.6 Å². The fourth-order valence-electron chi connectivity index (χ4n) is 8.90. The van der Waals surface area contributed by atoms with Crippen LogP contribution in [0, 0.1) is 0 Å². The maximum Gasteiger partial charge on any atom is 0.220 e. The van der Waals surface area contributed by atoms with E-state index < -0.39 is 86.8 Å². The highest BCUT2D eigenvalue weighted by Gasteiger charge is 2.51. The first-order valence-corrected chi connectivity index (χ1v) is 29.0. The Morgan fingerprint density at radius 3 is 1.40 bits per heavy atom. The third-order valence-electron chi connectivity index (χ3n) is 13.6. The summed E-state index contributed by atoms with van der Waals surface area (Å²) < 4.78 is 22.6. The molecular formula is C61H103NO13. The summed E-state index contributed by atoms with van der Waals surface area (Å²) in [5, 5.41) is 86.3. The number of ether oxygens (including phenoxy) is 4. The summed E-state index contributed by atoms with van der Waals surface area (Å²) in [6.07, 6.45) is 46.6. The molecular weight excluding hydrogens is 955 g/mol. The fraction of sp³-hybridized carbons (Fsp3) is 0.721. The second-order valence-electron chi connectivity index (χ2n) is 20.0. The van der Waals surface area contributed by atoms with Gasteiger partial charge in [-0.05, 0) is 77.0 Å². The first kappa shape index (κ1) is 68.0. The van der Waals surface area contributed by atoms with Gasteiger partial charge in [-0.2, -0.15) is 0 Å². The van der Waals surface area contributed by atoms with Gasteiger partial charge in [0.25, 0.3) is 0 Å². The fourth-order valence-corrected chi connectivity index (χ4v) is 8.90. The van der Waals surface area contributed by atoms with Gasteiger partial charge >= 0.3 is 0 Å². The van der Waals surface area contributed by atoms with E-state index in [-0.39, 0.29) is 12.5 Å². The summed E-state index contributed by atoms with van der Waals surface area (Å²) in [7, 11) is 0. The van der Waals surface area contributed by atoms with E-state index in [4.69, 9.17) is 18.9 Å². The summed E-state index contributed by atoms with van der Waals surface area (Å²) in [5.41, 5.74) is 0. The lowest BCUT2D eigenvalue weighted by Crippen LogP contribution is -2.65. The first-order chi connectivity index (χ1) is 36.6. The zero-order valence-electron chi connectivity index (χ0n) is 46.0. The quantitative estimate of drug-likeness (QED) is 0.0205. The summed E-state index contributed by atoms with van der Waals surface area (Å²) in [6, 6.07) is -0.830. The number of carbonyl (C=O) groups is 1. The molecule has 9 N–H and O–H groups in total. The number of nitrogens with one attached hydrogen (secondary N) is 1. The van der Waals surface area contributed by atoms with Gasteiger partial charge in [-0.3, -0.25) is 4.79 Å². The van der Waals surface area contributed by atoms with E-state index in [2.05, 4.69) is 116 Å².